The van der Waals surface area contributed by atoms with Gasteiger partial charge < -0.3 is 4.90 Å². The molecule has 0 bridgehead atoms. The van der Waals surface area contributed by atoms with E-state index in [0.29, 0.717) is 18.5 Å². The summed E-state index contributed by atoms with van der Waals surface area (Å²) in [5.74, 6) is -0.906. The Hall–Kier alpha value is -2.12. The number of hydrogen-bond acceptors (Lipinski definition) is 3. The molecule has 126 valence electrons. The second-order valence-corrected chi connectivity index (χ2v) is 7.68. The van der Waals surface area contributed by atoms with Crippen molar-refractivity contribution in [3.63, 3.8) is 0 Å². The largest absolute Gasteiger partial charge is 0.341 e. The van der Waals surface area contributed by atoms with Crippen molar-refractivity contribution in [3.05, 3.63) is 58.4 Å². The van der Waals surface area contributed by atoms with Crippen molar-refractivity contribution in [2.45, 2.75) is 11.3 Å². The Bertz CT molecular complexity index is 911. The standard InChI is InChI=1S/C16H14ClFN2O3S/c1-20-5-4-10-2-3-13(9-15(10)16(20)21)19-24(22,23)14-7-11(17)6-12(18)8-14/h2-3,6-9,19H,4-5H2,1H3. The number of benzene rings is 2. The van der Waals surface area contributed by atoms with Gasteiger partial charge in [0.05, 0.1) is 4.90 Å². The molecule has 1 aliphatic heterocycles. The normalized spacial score (nSPS) is 14.5. The maximum atomic E-state index is 13.4. The monoisotopic (exact) mass is 368 g/mol. The molecule has 0 saturated heterocycles. The Morgan fingerprint density at radius 1 is 1.21 bits per heavy atom. The van der Waals surface area contributed by atoms with E-state index >= 15 is 0 Å². The van der Waals surface area contributed by atoms with Crippen molar-refractivity contribution in [2.75, 3.05) is 18.3 Å². The number of carbonyl (C=O) groups excluding carboxylic acids is 1. The molecule has 24 heavy (non-hydrogen) atoms. The summed E-state index contributed by atoms with van der Waals surface area (Å²) in [6.45, 7) is 0.624. The number of likely N-dealkylation sites (N-methyl/N-ethyl adjacent to an activating group) is 1. The minimum Gasteiger partial charge on any atom is -0.341 e. The van der Waals surface area contributed by atoms with Gasteiger partial charge in [0.2, 0.25) is 0 Å². The molecule has 1 heterocycles. The summed E-state index contributed by atoms with van der Waals surface area (Å²) < 4.78 is 40.5. The van der Waals surface area contributed by atoms with Crippen molar-refractivity contribution in [1.82, 2.24) is 4.90 Å². The number of fused-ring (bicyclic) bond motifs is 1. The van der Waals surface area contributed by atoms with E-state index in [0.717, 1.165) is 23.8 Å². The van der Waals surface area contributed by atoms with Gasteiger partial charge in [0.15, 0.2) is 0 Å². The summed E-state index contributed by atoms with van der Waals surface area (Å²) in [7, 11) is -2.32. The SMILES string of the molecule is CN1CCc2ccc(NS(=O)(=O)c3cc(F)cc(Cl)c3)cc2C1=O. The number of rotatable bonds is 3. The molecule has 0 aliphatic carbocycles. The van der Waals surface area contributed by atoms with Crippen LogP contribution in [0, 0.1) is 5.82 Å². The molecule has 0 radical (unpaired) electrons. The van der Waals surface area contributed by atoms with Gasteiger partial charge in [-0.1, -0.05) is 17.7 Å². The highest BCUT2D eigenvalue weighted by Gasteiger charge is 2.23. The highest BCUT2D eigenvalue weighted by molar-refractivity contribution is 7.92. The molecule has 0 fully saturated rings. The van der Waals surface area contributed by atoms with Gasteiger partial charge in [0.1, 0.15) is 5.82 Å². The van der Waals surface area contributed by atoms with Gasteiger partial charge in [0, 0.05) is 29.9 Å². The molecular weight excluding hydrogens is 355 g/mol. The summed E-state index contributed by atoms with van der Waals surface area (Å²) in [5, 5.41) is -0.0161. The van der Waals surface area contributed by atoms with E-state index in [9.17, 15) is 17.6 Å². The molecule has 1 amide bonds. The third-order valence-electron chi connectivity index (χ3n) is 3.80. The Morgan fingerprint density at radius 3 is 2.67 bits per heavy atom. The molecule has 0 unspecified atom stereocenters. The zero-order valence-corrected chi connectivity index (χ0v) is 14.3. The molecule has 1 aliphatic rings. The third-order valence-corrected chi connectivity index (χ3v) is 5.38. The molecule has 0 spiro atoms. The summed E-state index contributed by atoms with van der Waals surface area (Å²) in [6.07, 6.45) is 0.712. The van der Waals surface area contributed by atoms with Crippen molar-refractivity contribution in [1.29, 1.82) is 0 Å². The molecule has 1 N–H and O–H groups in total. The zero-order chi connectivity index (χ0) is 17.5. The zero-order valence-electron chi connectivity index (χ0n) is 12.7. The second kappa shape index (κ2) is 6.07. The van der Waals surface area contributed by atoms with Crippen LogP contribution in [0.1, 0.15) is 15.9 Å². The van der Waals surface area contributed by atoms with Crippen molar-refractivity contribution in [2.24, 2.45) is 0 Å². The Balaban J connectivity index is 1.95. The Morgan fingerprint density at radius 2 is 1.96 bits per heavy atom. The van der Waals surface area contributed by atoms with Crippen LogP contribution in [0.2, 0.25) is 5.02 Å². The molecule has 0 aromatic heterocycles. The fraction of sp³-hybridized carbons (Fsp3) is 0.188. The van der Waals surface area contributed by atoms with Crippen LogP contribution in [0.3, 0.4) is 0 Å². The van der Waals surface area contributed by atoms with Crippen LogP contribution in [0.25, 0.3) is 0 Å². The lowest BCUT2D eigenvalue weighted by molar-refractivity contribution is 0.0781. The van der Waals surface area contributed by atoms with Crippen LogP contribution < -0.4 is 4.72 Å². The highest BCUT2D eigenvalue weighted by atomic mass is 35.5. The van der Waals surface area contributed by atoms with Gasteiger partial charge in [-0.25, -0.2) is 12.8 Å². The van der Waals surface area contributed by atoms with E-state index in [-0.39, 0.29) is 21.5 Å². The first-order valence-electron chi connectivity index (χ1n) is 7.13. The van der Waals surface area contributed by atoms with Gasteiger partial charge in [-0.2, -0.15) is 0 Å². The van der Waals surface area contributed by atoms with E-state index in [4.69, 9.17) is 11.6 Å². The first-order chi connectivity index (χ1) is 11.3. The van der Waals surface area contributed by atoms with Gasteiger partial charge in [-0.15, -0.1) is 0 Å². The van der Waals surface area contributed by atoms with Gasteiger partial charge in [-0.3, -0.25) is 9.52 Å². The number of carbonyl (C=O) groups is 1. The summed E-state index contributed by atoms with van der Waals surface area (Å²) in [6, 6.07) is 7.85. The smallest absolute Gasteiger partial charge is 0.262 e. The molecule has 3 rings (SSSR count). The number of nitrogens with zero attached hydrogens (tertiary/aromatic N) is 1. The lowest BCUT2D eigenvalue weighted by Crippen LogP contribution is -2.34. The minimum absolute atomic E-state index is 0.0161. The van der Waals surface area contributed by atoms with Gasteiger partial charge >= 0.3 is 0 Å². The van der Waals surface area contributed by atoms with Crippen LogP contribution in [0.5, 0.6) is 0 Å². The van der Waals surface area contributed by atoms with E-state index in [2.05, 4.69) is 4.72 Å². The first kappa shape index (κ1) is 16.7. The minimum atomic E-state index is -4.02. The maximum Gasteiger partial charge on any atom is 0.262 e. The first-order valence-corrected chi connectivity index (χ1v) is 9.00. The van der Waals surface area contributed by atoms with E-state index in [1.807, 2.05) is 0 Å². The number of anilines is 1. The van der Waals surface area contributed by atoms with E-state index in [1.54, 1.807) is 24.1 Å². The molecular formula is C16H14ClFN2O3S. The second-order valence-electron chi connectivity index (χ2n) is 5.56. The van der Waals surface area contributed by atoms with Crippen molar-refractivity contribution < 1.29 is 17.6 Å². The lowest BCUT2D eigenvalue weighted by atomic mass is 9.99. The number of nitrogens with one attached hydrogen (secondary N) is 1. The fourth-order valence-electron chi connectivity index (χ4n) is 2.55. The molecule has 0 atom stereocenters. The van der Waals surface area contributed by atoms with Crippen molar-refractivity contribution in [3.8, 4) is 0 Å². The number of halogens is 2. The quantitative estimate of drug-likeness (QED) is 0.905. The number of amides is 1. The van der Waals surface area contributed by atoms with Gasteiger partial charge in [-0.05, 0) is 42.3 Å². The molecule has 8 heteroatoms. The van der Waals surface area contributed by atoms with E-state index < -0.39 is 15.8 Å². The van der Waals surface area contributed by atoms with Crippen LogP contribution in [0.15, 0.2) is 41.3 Å². The van der Waals surface area contributed by atoms with Crippen LogP contribution in [0.4, 0.5) is 10.1 Å². The lowest BCUT2D eigenvalue weighted by Gasteiger charge is -2.25. The van der Waals surface area contributed by atoms with Crippen molar-refractivity contribution >= 4 is 33.2 Å². The summed E-state index contributed by atoms with van der Waals surface area (Å²) >= 11 is 5.71. The van der Waals surface area contributed by atoms with Crippen LogP contribution in [-0.2, 0) is 16.4 Å². The van der Waals surface area contributed by atoms with Gasteiger partial charge in [0.25, 0.3) is 15.9 Å². The Kier molecular flexibility index (Phi) is 4.23. The predicted octanol–water partition coefficient (Wildman–Crippen LogP) is 2.91. The molecule has 2 aromatic rings. The van der Waals surface area contributed by atoms with Crippen LogP contribution >= 0.6 is 11.6 Å². The number of sulfonamides is 1. The molecule has 0 saturated carbocycles. The van der Waals surface area contributed by atoms with E-state index in [1.165, 1.54) is 6.07 Å². The maximum absolute atomic E-state index is 13.4. The summed E-state index contributed by atoms with van der Waals surface area (Å²) in [5.41, 5.74) is 1.56. The summed E-state index contributed by atoms with van der Waals surface area (Å²) in [4.78, 5) is 13.5. The highest BCUT2D eigenvalue weighted by Crippen LogP contribution is 2.25. The fourth-order valence-corrected chi connectivity index (χ4v) is 3.94. The number of hydrogen-bond donors (Lipinski definition) is 1. The molecule has 2 aromatic carbocycles. The molecule has 5 nitrogen and oxygen atoms in total. The third kappa shape index (κ3) is 3.22. The predicted molar refractivity (Wildman–Crippen MR) is 89.3 cm³/mol. The average Bonchev–Trinajstić information content (AvgIpc) is 2.50. The topological polar surface area (TPSA) is 66.5 Å². The average molecular weight is 369 g/mol. The Labute approximate surface area is 144 Å². The van der Waals surface area contributed by atoms with Crippen LogP contribution in [-0.4, -0.2) is 32.8 Å².